The van der Waals surface area contributed by atoms with Gasteiger partial charge in [0, 0.05) is 72.3 Å². The van der Waals surface area contributed by atoms with Gasteiger partial charge in [-0.05, 0) is 96.6 Å². The van der Waals surface area contributed by atoms with Crippen molar-refractivity contribution < 1.29 is 39.0 Å². The number of anilines is 6. The van der Waals surface area contributed by atoms with Crippen LogP contribution in [0.25, 0.3) is 0 Å². The molecule has 20 nitrogen and oxygen atoms in total. The van der Waals surface area contributed by atoms with Gasteiger partial charge >= 0.3 is 12.1 Å². The van der Waals surface area contributed by atoms with E-state index in [0.717, 1.165) is 11.3 Å². The number of benzodiazepines with no additional fused rings is 2. The van der Waals surface area contributed by atoms with Crippen LogP contribution in [0.15, 0.2) is 150 Å². The van der Waals surface area contributed by atoms with E-state index < -0.39 is 90.7 Å². The number of hydrogen-bond donors (Lipinski definition) is 8. The Balaban J connectivity index is 0.959. The van der Waals surface area contributed by atoms with Gasteiger partial charge in [-0.2, -0.15) is 0 Å². The molecule has 78 heavy (non-hydrogen) atoms. The average molecular weight is 1050 g/mol. The Morgan fingerprint density at radius 2 is 1.09 bits per heavy atom. The van der Waals surface area contributed by atoms with Crippen molar-refractivity contribution in [2.24, 2.45) is 21.3 Å². The van der Waals surface area contributed by atoms with E-state index >= 15 is 0 Å². The number of carbonyl (C=O) groups is 6. The minimum atomic E-state index is -1.53. The Morgan fingerprint density at radius 3 is 1.60 bits per heavy atom. The number of aliphatic hydroxyl groups excluding tert-OH is 2. The number of aliphatic hydroxyl groups is 2. The molecule has 0 bridgehead atoms. The van der Waals surface area contributed by atoms with Gasteiger partial charge < -0.3 is 51.9 Å². The number of Topliss-reactive ketones (excluding diaryl/α,β-unsaturated/α-hetero) is 2. The molecule has 21 heteroatoms. The zero-order valence-electron chi connectivity index (χ0n) is 43.7. The highest BCUT2D eigenvalue weighted by Crippen LogP contribution is 2.58. The molecule has 0 spiro atoms. The number of pyridine rings is 2. The largest absolute Gasteiger partial charge is 0.396 e. The average Bonchev–Trinajstić information content (AvgIpc) is 4.42. The first kappa shape index (κ1) is 53.7. The molecule has 4 heterocycles. The lowest BCUT2D eigenvalue weighted by atomic mass is 9.68. The van der Waals surface area contributed by atoms with Crippen molar-refractivity contribution in [1.82, 2.24) is 20.6 Å². The fourth-order valence-electron chi connectivity index (χ4n) is 9.65. The lowest BCUT2D eigenvalue weighted by molar-refractivity contribution is -0.132. The number of nitrogens with zero attached hydrogens (tertiary/aromatic N) is 6. The third-order valence-corrected chi connectivity index (χ3v) is 14.4. The molecule has 1 saturated carbocycles. The Labute approximate surface area is 451 Å². The summed E-state index contributed by atoms with van der Waals surface area (Å²) in [7, 11) is 5.05. The number of para-hydroxylation sites is 2. The summed E-state index contributed by atoms with van der Waals surface area (Å²) in [5.74, 6) is -2.93. The highest BCUT2D eigenvalue weighted by molar-refractivity contribution is 6.30. The molecule has 6 aromatic rings. The van der Waals surface area contributed by atoms with E-state index in [9.17, 15) is 39.0 Å². The predicted octanol–water partition coefficient (Wildman–Crippen LogP) is 4.97. The molecule has 3 aliphatic rings. The second kappa shape index (κ2) is 22.6. The summed E-state index contributed by atoms with van der Waals surface area (Å²) >= 11 is 0. The second-order valence-corrected chi connectivity index (χ2v) is 20.1. The summed E-state index contributed by atoms with van der Waals surface area (Å²) in [6.45, 7) is 1.36. The number of nitrogens with one attached hydrogen (secondary N) is 6. The zero-order valence-corrected chi connectivity index (χ0v) is 43.7. The van der Waals surface area contributed by atoms with Gasteiger partial charge in [-0.3, -0.25) is 29.1 Å². The van der Waals surface area contributed by atoms with E-state index in [0.29, 0.717) is 68.8 Å². The van der Waals surface area contributed by atoms with Gasteiger partial charge in [-0.15, -0.1) is 0 Å². The lowest BCUT2D eigenvalue weighted by Crippen LogP contribution is -2.52. The monoisotopic (exact) mass is 1050 g/mol. The van der Waals surface area contributed by atoms with Crippen molar-refractivity contribution in [2.75, 3.05) is 71.5 Å². The number of aromatic nitrogens is 2. The van der Waals surface area contributed by atoms with E-state index in [-0.39, 0.29) is 5.92 Å². The van der Waals surface area contributed by atoms with Crippen molar-refractivity contribution in [1.29, 1.82) is 0 Å². The second-order valence-electron chi connectivity index (χ2n) is 20.1. The summed E-state index contributed by atoms with van der Waals surface area (Å²) in [5, 5.41) is 37.2. The number of ketones is 2. The molecule has 0 radical (unpaired) electrons. The Hall–Kier alpha value is -9.08. The van der Waals surface area contributed by atoms with Crippen molar-refractivity contribution in [3.05, 3.63) is 168 Å². The van der Waals surface area contributed by atoms with Crippen molar-refractivity contribution >= 4 is 88.8 Å². The fraction of sp³-hybridized carbons (Fsp3) is 0.263. The highest BCUT2D eigenvalue weighted by atomic mass is 16.3. The quantitative estimate of drug-likeness (QED) is 0.0531. The molecule has 2 aromatic heterocycles. The molecule has 4 aromatic carbocycles. The fourth-order valence-corrected chi connectivity index (χ4v) is 9.65. The minimum Gasteiger partial charge on any atom is -0.396 e. The predicted molar refractivity (Wildman–Crippen MR) is 301 cm³/mol. The van der Waals surface area contributed by atoms with Crippen LogP contribution in [0.5, 0.6) is 0 Å². The maximum absolute atomic E-state index is 14.9. The number of aliphatic imine (C=N–C) groups is 2. The number of rotatable bonds is 18. The third kappa shape index (κ3) is 11.2. The first-order chi connectivity index (χ1) is 37.5. The van der Waals surface area contributed by atoms with Crippen LogP contribution >= 0.6 is 0 Å². The summed E-state index contributed by atoms with van der Waals surface area (Å²) in [4.78, 5) is 107. The normalized spacial score (nSPS) is 19.2. The first-order valence-corrected chi connectivity index (χ1v) is 25.4. The van der Waals surface area contributed by atoms with Crippen LogP contribution in [0.3, 0.4) is 0 Å². The van der Waals surface area contributed by atoms with Gasteiger partial charge in [-0.1, -0.05) is 68.4 Å². The number of urea groups is 2. The van der Waals surface area contributed by atoms with Crippen LogP contribution in [0.4, 0.5) is 43.7 Å². The number of benzene rings is 4. The minimum absolute atomic E-state index is 0.282. The van der Waals surface area contributed by atoms with Crippen molar-refractivity contribution in [3.8, 4) is 0 Å². The molecule has 9 rings (SSSR count). The lowest BCUT2D eigenvalue weighted by Gasteiger charge is -2.31. The third-order valence-electron chi connectivity index (χ3n) is 14.4. The molecule has 398 valence electrons. The van der Waals surface area contributed by atoms with Gasteiger partial charge in [0.25, 0.3) is 11.8 Å². The first-order valence-electron chi connectivity index (χ1n) is 25.4. The molecule has 1 aliphatic carbocycles. The van der Waals surface area contributed by atoms with Crippen LogP contribution in [-0.2, 0) is 19.2 Å². The molecule has 1 fully saturated rings. The maximum atomic E-state index is 14.9. The van der Waals surface area contributed by atoms with Crippen LogP contribution in [0, 0.1) is 11.3 Å². The van der Waals surface area contributed by atoms with Gasteiger partial charge in [0.05, 0.1) is 59.3 Å². The number of amides is 6. The Bertz CT molecular complexity index is 3360. The summed E-state index contributed by atoms with van der Waals surface area (Å²) in [5.41, 5.74) is 4.72. The van der Waals surface area contributed by atoms with E-state index in [4.69, 9.17) is 9.98 Å². The number of carbonyl (C=O) groups excluding carboxylic acids is 6. The SMILES string of the molecule is BC(C)(CO)C(=O)CN1C(=O)[C@H](NC(=O)Nc2cc(NC)cc(C3CC3C(C)(CO)C(=O)CN3C(=O)[C@H](NC(=O)Nc4cccc(NC)c4)N=C(c4ccccn4)c4ccccc43)c2)N=C(c2ccccn2)c2ccccc21. The number of hydrogen-bond acceptors (Lipinski definition) is 14. The molecule has 6 amide bonds. The molecule has 8 N–H and O–H groups in total. The van der Waals surface area contributed by atoms with Crippen molar-refractivity contribution in [2.45, 2.75) is 43.8 Å². The molecule has 0 saturated heterocycles. The summed E-state index contributed by atoms with van der Waals surface area (Å²) in [6, 6.07) is 35.2. The smallest absolute Gasteiger partial charge is 0.321 e. The Kier molecular flexibility index (Phi) is 15.6. The van der Waals surface area contributed by atoms with Gasteiger partial charge in [0.2, 0.25) is 12.3 Å². The topological polar surface area (TPSA) is 272 Å². The van der Waals surface area contributed by atoms with Crippen molar-refractivity contribution in [3.63, 3.8) is 0 Å². The van der Waals surface area contributed by atoms with Gasteiger partial charge in [0.15, 0.2) is 11.6 Å². The van der Waals surface area contributed by atoms with E-state index in [1.807, 2.05) is 12.1 Å². The highest BCUT2D eigenvalue weighted by Gasteiger charge is 2.55. The van der Waals surface area contributed by atoms with E-state index in [1.54, 1.807) is 163 Å². The summed E-state index contributed by atoms with van der Waals surface area (Å²) < 4.78 is 0. The van der Waals surface area contributed by atoms with Crippen LogP contribution in [0.2, 0.25) is 5.31 Å². The van der Waals surface area contributed by atoms with Crippen LogP contribution in [-0.4, -0.2) is 128 Å². The molecular weight excluding hydrogens is 992 g/mol. The zero-order chi connectivity index (χ0) is 55.3. The molecule has 4 unspecified atom stereocenters. The number of fused-ring (bicyclic) bond motifs is 2. The van der Waals surface area contributed by atoms with E-state index in [1.165, 1.54) is 9.80 Å². The maximum Gasteiger partial charge on any atom is 0.321 e. The summed E-state index contributed by atoms with van der Waals surface area (Å²) in [6.07, 6.45) is 0.611. The van der Waals surface area contributed by atoms with Crippen LogP contribution in [0.1, 0.15) is 54.3 Å². The molecular formula is C57H59BN12O8. The Morgan fingerprint density at radius 1 is 0.603 bits per heavy atom. The van der Waals surface area contributed by atoms with E-state index in [2.05, 4.69) is 41.9 Å². The van der Waals surface area contributed by atoms with Crippen LogP contribution < -0.4 is 41.7 Å². The standard InChI is InChI=1S/C57H59BN12O8/c1-56(31-71,46(73)29-69-44-20-7-5-16-38(44)48(42-18-9-11-22-61-42)65-50(52(69)75)67-54(77)63-35-15-13-14-34(26-35)59-3)41-28-40(41)33-24-36(60-4)27-37(25-33)64-55(78)68-51-53(76)70(30-47(74)57(2,58)32-72)45-21-8-6-17-39(45)49(66-51)43-19-10-12-23-62-43/h5-27,40-41,50-51,59-60,71-72H,28-32,58H2,1-4H3,(H2,63,67,77)(H2,64,68,78)/t40?,41?,50-,51-,56?,57?/m0/s1. The van der Waals surface area contributed by atoms with Gasteiger partial charge in [-0.25, -0.2) is 19.6 Å². The molecule has 2 aliphatic heterocycles. The molecule has 6 atom stereocenters. The van der Waals surface area contributed by atoms with Gasteiger partial charge in [0.1, 0.15) is 7.85 Å².